The Morgan fingerprint density at radius 1 is 1.50 bits per heavy atom. The van der Waals surface area contributed by atoms with Gasteiger partial charge < -0.3 is 20.7 Å². The van der Waals surface area contributed by atoms with Gasteiger partial charge in [0.2, 0.25) is 0 Å². The number of ether oxygens (including phenoxy) is 1. The Bertz CT molecular complexity index is 464. The van der Waals surface area contributed by atoms with E-state index in [2.05, 4.69) is 15.2 Å². The van der Waals surface area contributed by atoms with Gasteiger partial charge in [-0.25, -0.2) is 4.98 Å². The summed E-state index contributed by atoms with van der Waals surface area (Å²) >= 11 is 0. The van der Waals surface area contributed by atoms with E-state index in [1.165, 1.54) is 0 Å². The molecule has 1 aromatic rings. The van der Waals surface area contributed by atoms with E-state index in [0.717, 1.165) is 13.1 Å². The van der Waals surface area contributed by atoms with Gasteiger partial charge in [-0.15, -0.1) is 0 Å². The number of hydrogen-bond donors (Lipinski definition) is 2. The van der Waals surface area contributed by atoms with Crippen molar-refractivity contribution in [3.8, 4) is 0 Å². The lowest BCUT2D eigenvalue weighted by molar-refractivity contribution is 0.0944. The zero-order valence-corrected chi connectivity index (χ0v) is 12.1. The average Bonchev–Trinajstić information content (AvgIpc) is 2.45. The SMILES string of the molecule is CC(C)(N)CNC(=O)c1cccnc1N1CCOCC1. The number of pyridine rings is 1. The van der Waals surface area contributed by atoms with Crippen molar-refractivity contribution in [1.82, 2.24) is 10.3 Å². The molecule has 0 saturated carbocycles. The van der Waals surface area contributed by atoms with Gasteiger partial charge in [-0.1, -0.05) is 0 Å². The summed E-state index contributed by atoms with van der Waals surface area (Å²) in [4.78, 5) is 18.7. The molecular weight excluding hydrogens is 256 g/mol. The van der Waals surface area contributed by atoms with Crippen LogP contribution < -0.4 is 16.0 Å². The molecule has 1 aromatic heterocycles. The van der Waals surface area contributed by atoms with E-state index in [1.54, 1.807) is 18.3 Å². The molecule has 1 saturated heterocycles. The molecule has 6 nitrogen and oxygen atoms in total. The predicted molar refractivity (Wildman–Crippen MR) is 77.9 cm³/mol. The molecule has 0 atom stereocenters. The van der Waals surface area contributed by atoms with Crippen LogP contribution in [0.15, 0.2) is 18.3 Å². The number of carbonyl (C=O) groups is 1. The van der Waals surface area contributed by atoms with Gasteiger partial charge in [0.1, 0.15) is 5.82 Å². The minimum absolute atomic E-state index is 0.141. The molecule has 20 heavy (non-hydrogen) atoms. The van der Waals surface area contributed by atoms with E-state index in [1.807, 2.05) is 13.8 Å². The average molecular weight is 278 g/mol. The zero-order chi connectivity index (χ0) is 14.6. The van der Waals surface area contributed by atoms with Crippen LogP contribution in [-0.2, 0) is 4.74 Å². The molecule has 1 aliphatic heterocycles. The number of anilines is 1. The van der Waals surface area contributed by atoms with Crippen LogP contribution >= 0.6 is 0 Å². The molecule has 6 heteroatoms. The van der Waals surface area contributed by atoms with Gasteiger partial charge in [0.05, 0.1) is 18.8 Å². The molecule has 1 fully saturated rings. The van der Waals surface area contributed by atoms with E-state index < -0.39 is 5.54 Å². The Morgan fingerprint density at radius 2 is 2.20 bits per heavy atom. The van der Waals surface area contributed by atoms with Crippen molar-refractivity contribution in [1.29, 1.82) is 0 Å². The third kappa shape index (κ3) is 3.91. The molecule has 0 aromatic carbocycles. The maximum atomic E-state index is 12.3. The van der Waals surface area contributed by atoms with Gasteiger partial charge in [0.15, 0.2) is 0 Å². The van der Waals surface area contributed by atoms with E-state index in [9.17, 15) is 4.79 Å². The van der Waals surface area contributed by atoms with Crippen molar-refractivity contribution < 1.29 is 9.53 Å². The number of carbonyl (C=O) groups excluding carboxylic acids is 1. The summed E-state index contributed by atoms with van der Waals surface area (Å²) in [6.07, 6.45) is 1.70. The fourth-order valence-corrected chi connectivity index (χ4v) is 2.00. The van der Waals surface area contributed by atoms with Crippen molar-refractivity contribution in [2.24, 2.45) is 5.73 Å². The smallest absolute Gasteiger partial charge is 0.255 e. The number of hydrogen-bond acceptors (Lipinski definition) is 5. The first-order chi connectivity index (χ1) is 9.47. The molecular formula is C14H22N4O2. The maximum Gasteiger partial charge on any atom is 0.255 e. The Morgan fingerprint density at radius 3 is 2.85 bits per heavy atom. The van der Waals surface area contributed by atoms with E-state index in [4.69, 9.17) is 10.5 Å². The molecule has 0 unspecified atom stereocenters. The number of nitrogens with zero attached hydrogens (tertiary/aromatic N) is 2. The lowest BCUT2D eigenvalue weighted by Gasteiger charge is -2.29. The Balaban J connectivity index is 2.12. The maximum absolute atomic E-state index is 12.3. The standard InChI is InChI=1S/C14H22N4O2/c1-14(2,15)10-17-13(19)11-4-3-5-16-12(11)18-6-8-20-9-7-18/h3-5H,6-10,15H2,1-2H3,(H,17,19). The fourth-order valence-electron chi connectivity index (χ4n) is 2.00. The highest BCUT2D eigenvalue weighted by atomic mass is 16.5. The van der Waals surface area contributed by atoms with Gasteiger partial charge in [-0.2, -0.15) is 0 Å². The molecule has 110 valence electrons. The summed E-state index contributed by atoms with van der Waals surface area (Å²) in [5.74, 6) is 0.571. The lowest BCUT2D eigenvalue weighted by atomic mass is 10.1. The fraction of sp³-hybridized carbons (Fsp3) is 0.571. The highest BCUT2D eigenvalue weighted by Gasteiger charge is 2.21. The van der Waals surface area contributed by atoms with Gasteiger partial charge in [0, 0.05) is 31.4 Å². The Hall–Kier alpha value is -1.66. The van der Waals surface area contributed by atoms with Gasteiger partial charge in [0.25, 0.3) is 5.91 Å². The topological polar surface area (TPSA) is 80.5 Å². The molecule has 2 heterocycles. The van der Waals surface area contributed by atoms with E-state index in [-0.39, 0.29) is 5.91 Å². The largest absolute Gasteiger partial charge is 0.378 e. The Kier molecular flexibility index (Phi) is 4.57. The first kappa shape index (κ1) is 14.7. The van der Waals surface area contributed by atoms with Crippen molar-refractivity contribution in [3.05, 3.63) is 23.9 Å². The van der Waals surface area contributed by atoms with Crippen molar-refractivity contribution >= 4 is 11.7 Å². The van der Waals surface area contributed by atoms with Crippen LogP contribution in [0.2, 0.25) is 0 Å². The molecule has 0 bridgehead atoms. The van der Waals surface area contributed by atoms with Crippen molar-refractivity contribution in [2.45, 2.75) is 19.4 Å². The highest BCUT2D eigenvalue weighted by molar-refractivity contribution is 5.98. The number of morpholine rings is 1. The summed E-state index contributed by atoms with van der Waals surface area (Å²) < 4.78 is 5.33. The first-order valence-electron chi connectivity index (χ1n) is 6.82. The van der Waals surface area contributed by atoms with Crippen LogP contribution in [0, 0.1) is 0 Å². The van der Waals surface area contributed by atoms with Crippen molar-refractivity contribution in [3.63, 3.8) is 0 Å². The van der Waals surface area contributed by atoms with Gasteiger partial charge in [-0.05, 0) is 26.0 Å². The normalized spacial score (nSPS) is 16.1. The highest BCUT2D eigenvalue weighted by Crippen LogP contribution is 2.18. The zero-order valence-electron chi connectivity index (χ0n) is 12.1. The number of amides is 1. The monoisotopic (exact) mass is 278 g/mol. The van der Waals surface area contributed by atoms with Crippen LogP contribution in [-0.4, -0.2) is 49.3 Å². The molecule has 1 aliphatic rings. The third-order valence-corrected chi connectivity index (χ3v) is 3.05. The van der Waals surface area contributed by atoms with Crippen LogP contribution in [0.5, 0.6) is 0 Å². The summed E-state index contributed by atoms with van der Waals surface area (Å²) in [5, 5.41) is 2.86. The van der Waals surface area contributed by atoms with E-state index in [0.29, 0.717) is 31.1 Å². The lowest BCUT2D eigenvalue weighted by Crippen LogP contribution is -2.45. The number of nitrogens with two attached hydrogens (primary N) is 1. The second kappa shape index (κ2) is 6.19. The number of rotatable bonds is 4. The third-order valence-electron chi connectivity index (χ3n) is 3.05. The first-order valence-corrected chi connectivity index (χ1v) is 6.82. The van der Waals surface area contributed by atoms with E-state index >= 15 is 0 Å². The number of nitrogens with one attached hydrogen (secondary N) is 1. The number of aromatic nitrogens is 1. The molecule has 2 rings (SSSR count). The van der Waals surface area contributed by atoms with Crippen LogP contribution in [0.4, 0.5) is 5.82 Å². The molecule has 3 N–H and O–H groups in total. The summed E-state index contributed by atoms with van der Waals surface area (Å²) in [6.45, 7) is 6.99. The quantitative estimate of drug-likeness (QED) is 0.832. The second-order valence-corrected chi connectivity index (χ2v) is 5.65. The van der Waals surface area contributed by atoms with Crippen molar-refractivity contribution in [2.75, 3.05) is 37.7 Å². The predicted octanol–water partition coefficient (Wildman–Crippen LogP) is 0.385. The molecule has 1 amide bonds. The second-order valence-electron chi connectivity index (χ2n) is 5.65. The van der Waals surface area contributed by atoms with Crippen LogP contribution in [0.3, 0.4) is 0 Å². The molecule has 0 radical (unpaired) electrons. The molecule has 0 aliphatic carbocycles. The summed E-state index contributed by atoms with van der Waals surface area (Å²) in [6, 6.07) is 3.56. The van der Waals surface area contributed by atoms with Crippen LogP contribution in [0.25, 0.3) is 0 Å². The summed E-state index contributed by atoms with van der Waals surface area (Å²) in [5.41, 5.74) is 6.03. The van der Waals surface area contributed by atoms with Gasteiger partial charge >= 0.3 is 0 Å². The summed E-state index contributed by atoms with van der Waals surface area (Å²) in [7, 11) is 0. The Labute approximate surface area is 119 Å². The minimum Gasteiger partial charge on any atom is -0.378 e. The minimum atomic E-state index is -0.434. The van der Waals surface area contributed by atoms with Crippen LogP contribution in [0.1, 0.15) is 24.2 Å². The molecule has 0 spiro atoms. The van der Waals surface area contributed by atoms with Gasteiger partial charge in [-0.3, -0.25) is 4.79 Å².